The maximum absolute atomic E-state index is 11.9. The van der Waals surface area contributed by atoms with Crippen LogP contribution in [0.25, 0.3) is 0 Å². The monoisotopic (exact) mass is 402 g/mol. The number of aromatic amines is 1. The van der Waals surface area contributed by atoms with E-state index >= 15 is 0 Å². The van der Waals surface area contributed by atoms with Gasteiger partial charge < -0.3 is 15.1 Å². The second kappa shape index (κ2) is 9.78. The quantitative estimate of drug-likeness (QED) is 0.580. The average molecular weight is 402 g/mol. The molecule has 0 amide bonds. The van der Waals surface area contributed by atoms with Crippen LogP contribution in [0.15, 0.2) is 18.3 Å². The first-order valence-corrected chi connectivity index (χ1v) is 10.2. The molecule has 3 N–H and O–H groups in total. The van der Waals surface area contributed by atoms with Crippen molar-refractivity contribution in [2.75, 3.05) is 24.6 Å². The van der Waals surface area contributed by atoms with E-state index < -0.39 is 11.9 Å². The molecule has 0 aliphatic carbocycles. The minimum absolute atomic E-state index is 0.243. The fourth-order valence-electron chi connectivity index (χ4n) is 4.01. The van der Waals surface area contributed by atoms with Gasteiger partial charge in [-0.05, 0) is 49.1 Å². The molecule has 1 saturated heterocycles. The number of carboxylic acid groups (broad SMARTS) is 1. The zero-order valence-corrected chi connectivity index (χ0v) is 17.0. The Morgan fingerprint density at radius 3 is 2.59 bits per heavy atom. The van der Waals surface area contributed by atoms with Gasteiger partial charge in [-0.15, -0.1) is 10.2 Å². The Balaban J connectivity index is 1.73. The molecule has 0 bridgehead atoms. The Morgan fingerprint density at radius 2 is 2.07 bits per heavy atom. The first-order chi connectivity index (χ1) is 14.0. The van der Waals surface area contributed by atoms with Crippen molar-refractivity contribution in [2.45, 2.75) is 45.4 Å². The van der Waals surface area contributed by atoms with Crippen LogP contribution in [0, 0.1) is 17.8 Å². The molecule has 2 atom stereocenters. The fraction of sp³-hybridized carbons (Fsp3) is 0.650. The molecule has 0 spiro atoms. The lowest BCUT2D eigenvalue weighted by atomic mass is 9.81. The van der Waals surface area contributed by atoms with Crippen molar-refractivity contribution >= 4 is 11.8 Å². The predicted molar refractivity (Wildman–Crippen MR) is 107 cm³/mol. The number of aromatic nitrogens is 5. The zero-order valence-electron chi connectivity index (χ0n) is 17.0. The van der Waals surface area contributed by atoms with Crippen LogP contribution in [0.3, 0.4) is 0 Å². The number of pyridine rings is 1. The number of carbonyl (C=O) groups is 1. The van der Waals surface area contributed by atoms with Crippen molar-refractivity contribution in [1.82, 2.24) is 25.6 Å². The van der Waals surface area contributed by atoms with Crippen molar-refractivity contribution in [3.05, 3.63) is 29.7 Å². The lowest BCUT2D eigenvalue weighted by Gasteiger charge is -2.32. The minimum atomic E-state index is -0.843. The van der Waals surface area contributed by atoms with E-state index in [9.17, 15) is 15.0 Å². The molecule has 158 valence electrons. The summed E-state index contributed by atoms with van der Waals surface area (Å²) in [5.74, 6) is 0.158. The summed E-state index contributed by atoms with van der Waals surface area (Å²) >= 11 is 0. The Morgan fingerprint density at radius 1 is 1.31 bits per heavy atom. The first-order valence-electron chi connectivity index (χ1n) is 10.2. The molecule has 1 fully saturated rings. The number of carboxylic acids is 1. The highest BCUT2D eigenvalue weighted by molar-refractivity contribution is 5.71. The van der Waals surface area contributed by atoms with Crippen LogP contribution in [-0.4, -0.2) is 61.5 Å². The van der Waals surface area contributed by atoms with Crippen molar-refractivity contribution < 1.29 is 15.0 Å². The largest absolute Gasteiger partial charge is 0.481 e. The molecule has 9 heteroatoms. The molecule has 3 heterocycles. The van der Waals surface area contributed by atoms with Gasteiger partial charge in [0.25, 0.3) is 0 Å². The highest BCUT2D eigenvalue weighted by Gasteiger charge is 2.33. The van der Waals surface area contributed by atoms with Crippen molar-refractivity contribution in [3.8, 4) is 0 Å². The normalized spacial score (nSPS) is 17.4. The minimum Gasteiger partial charge on any atom is -0.481 e. The molecule has 1 aliphatic rings. The molecule has 3 rings (SSSR count). The summed E-state index contributed by atoms with van der Waals surface area (Å²) in [5.41, 5.74) is 0.948. The molecule has 29 heavy (non-hydrogen) atoms. The van der Waals surface area contributed by atoms with E-state index in [1.807, 2.05) is 32.2 Å². The highest BCUT2D eigenvalue weighted by Crippen LogP contribution is 2.31. The lowest BCUT2D eigenvalue weighted by molar-refractivity contribution is -0.143. The summed E-state index contributed by atoms with van der Waals surface area (Å²) < 4.78 is 0. The number of hydrogen-bond donors (Lipinski definition) is 3. The van der Waals surface area contributed by atoms with Gasteiger partial charge in [0.05, 0.1) is 5.92 Å². The summed E-state index contributed by atoms with van der Waals surface area (Å²) in [6.07, 6.45) is 4.78. The first kappa shape index (κ1) is 21.2. The van der Waals surface area contributed by atoms with Crippen LogP contribution in [0.2, 0.25) is 0 Å². The third kappa shape index (κ3) is 5.50. The zero-order chi connectivity index (χ0) is 20.8. The molecule has 0 radical (unpaired) electrons. The van der Waals surface area contributed by atoms with Crippen LogP contribution in [0.4, 0.5) is 5.82 Å². The molecule has 2 aromatic heterocycles. The number of aliphatic hydroxyl groups excluding tert-OH is 1. The van der Waals surface area contributed by atoms with Gasteiger partial charge in [0.1, 0.15) is 5.82 Å². The standard InChI is InChI=1S/C20H30N6O3/c1-13(2)9-17(20(28)29)16(19-22-24-25-23-19)10-15-3-4-18(21-11-15)26-7-5-14(12-27)6-8-26/h3-4,11,13-14,16-17,27H,5-10,12H2,1-2H3,(H,28,29)(H,22,23,24,25). The number of rotatable bonds is 9. The number of tetrazole rings is 1. The molecular weight excluding hydrogens is 372 g/mol. The number of nitrogens with zero attached hydrogens (tertiary/aromatic N) is 5. The van der Waals surface area contributed by atoms with E-state index in [4.69, 9.17) is 0 Å². The van der Waals surface area contributed by atoms with Crippen LogP contribution >= 0.6 is 0 Å². The third-order valence-electron chi connectivity index (χ3n) is 5.68. The number of aliphatic hydroxyl groups is 1. The van der Waals surface area contributed by atoms with E-state index in [0.717, 1.165) is 37.3 Å². The Kier molecular flexibility index (Phi) is 7.13. The van der Waals surface area contributed by atoms with Gasteiger partial charge in [-0.25, -0.2) is 4.98 Å². The van der Waals surface area contributed by atoms with Crippen molar-refractivity contribution in [2.24, 2.45) is 17.8 Å². The van der Waals surface area contributed by atoms with Crippen LogP contribution in [0.5, 0.6) is 0 Å². The van der Waals surface area contributed by atoms with Gasteiger partial charge in [-0.3, -0.25) is 4.79 Å². The number of H-pyrrole nitrogens is 1. The highest BCUT2D eigenvalue weighted by atomic mass is 16.4. The molecule has 0 aromatic carbocycles. The summed E-state index contributed by atoms with van der Waals surface area (Å²) in [6, 6.07) is 3.99. The van der Waals surface area contributed by atoms with E-state index in [2.05, 4.69) is 30.5 Å². The number of anilines is 1. The molecule has 2 unspecified atom stereocenters. The van der Waals surface area contributed by atoms with Crippen LogP contribution < -0.4 is 4.90 Å². The van der Waals surface area contributed by atoms with Gasteiger partial charge in [0.15, 0.2) is 5.82 Å². The van der Waals surface area contributed by atoms with Crippen molar-refractivity contribution in [1.29, 1.82) is 0 Å². The maximum Gasteiger partial charge on any atom is 0.307 e. The molecular formula is C20H30N6O3. The van der Waals surface area contributed by atoms with Crippen LogP contribution in [-0.2, 0) is 11.2 Å². The number of piperidine rings is 1. The van der Waals surface area contributed by atoms with E-state index in [0.29, 0.717) is 24.6 Å². The third-order valence-corrected chi connectivity index (χ3v) is 5.68. The second-order valence-electron chi connectivity index (χ2n) is 8.29. The molecule has 9 nitrogen and oxygen atoms in total. The average Bonchev–Trinajstić information content (AvgIpc) is 3.25. The topological polar surface area (TPSA) is 128 Å². The van der Waals surface area contributed by atoms with Crippen LogP contribution in [0.1, 0.15) is 50.4 Å². The second-order valence-corrected chi connectivity index (χ2v) is 8.29. The van der Waals surface area contributed by atoms with Gasteiger partial charge in [-0.2, -0.15) is 5.21 Å². The predicted octanol–water partition coefficient (Wildman–Crippen LogP) is 1.88. The smallest absolute Gasteiger partial charge is 0.307 e. The van der Waals surface area contributed by atoms with Crippen molar-refractivity contribution in [3.63, 3.8) is 0 Å². The summed E-state index contributed by atoms with van der Waals surface area (Å²) in [6.45, 7) is 6.05. The van der Waals surface area contributed by atoms with E-state index in [1.54, 1.807) is 0 Å². The number of nitrogens with one attached hydrogen (secondary N) is 1. The fourth-order valence-corrected chi connectivity index (χ4v) is 4.01. The lowest BCUT2D eigenvalue weighted by Crippen LogP contribution is -2.35. The molecule has 1 aliphatic heterocycles. The van der Waals surface area contributed by atoms with Gasteiger partial charge in [-0.1, -0.05) is 25.1 Å². The van der Waals surface area contributed by atoms with Gasteiger partial charge in [0.2, 0.25) is 0 Å². The van der Waals surface area contributed by atoms with E-state index in [1.165, 1.54) is 0 Å². The molecule has 0 saturated carbocycles. The SMILES string of the molecule is CC(C)CC(C(=O)O)C(Cc1ccc(N2CCC(CO)CC2)nc1)c1nn[nH]n1. The molecule has 2 aromatic rings. The Bertz CT molecular complexity index is 757. The summed E-state index contributed by atoms with van der Waals surface area (Å²) in [5, 5.41) is 33.3. The Hall–Kier alpha value is -2.55. The van der Waals surface area contributed by atoms with Gasteiger partial charge >= 0.3 is 5.97 Å². The summed E-state index contributed by atoms with van der Waals surface area (Å²) in [7, 11) is 0. The number of hydrogen-bond acceptors (Lipinski definition) is 7. The maximum atomic E-state index is 11.9. The van der Waals surface area contributed by atoms with E-state index in [-0.39, 0.29) is 18.4 Å². The Labute approximate surface area is 170 Å². The van der Waals surface area contributed by atoms with Gasteiger partial charge in [0, 0.05) is 31.8 Å². The summed E-state index contributed by atoms with van der Waals surface area (Å²) in [4.78, 5) is 18.8. The number of aliphatic carboxylic acids is 1.